The van der Waals surface area contributed by atoms with Gasteiger partial charge in [0.2, 0.25) is 0 Å². The van der Waals surface area contributed by atoms with E-state index in [9.17, 15) is 9.59 Å². The number of alkyl carbamates (subject to hydrolysis) is 1. The van der Waals surface area contributed by atoms with Gasteiger partial charge in [-0.2, -0.15) is 0 Å². The standard InChI is InChI=1S/C9H17NO4/c1-6(2)9(3,5-7(11)12)10-8(13)14-4/h6H,5H2,1-4H3,(H,10,13)(H,11,12)/t9-/m0/s1. The van der Waals surface area contributed by atoms with Crippen LogP contribution in [0, 0.1) is 5.92 Å². The van der Waals surface area contributed by atoms with Crippen LogP contribution in [0.2, 0.25) is 0 Å². The first-order valence-corrected chi connectivity index (χ1v) is 4.39. The molecule has 82 valence electrons. The van der Waals surface area contributed by atoms with Crippen molar-refractivity contribution < 1.29 is 19.4 Å². The molecule has 0 aromatic rings. The Morgan fingerprint density at radius 1 is 1.50 bits per heavy atom. The van der Waals surface area contributed by atoms with Crippen LogP contribution in [0.15, 0.2) is 0 Å². The number of aliphatic carboxylic acids is 1. The smallest absolute Gasteiger partial charge is 0.407 e. The lowest BCUT2D eigenvalue weighted by atomic mass is 9.85. The van der Waals surface area contributed by atoms with Gasteiger partial charge in [0.15, 0.2) is 0 Å². The average molecular weight is 203 g/mol. The molecule has 0 aromatic carbocycles. The summed E-state index contributed by atoms with van der Waals surface area (Å²) in [5, 5.41) is 11.2. The van der Waals surface area contributed by atoms with Crippen LogP contribution in [-0.2, 0) is 9.53 Å². The van der Waals surface area contributed by atoms with E-state index in [1.807, 2.05) is 13.8 Å². The second kappa shape index (κ2) is 4.83. The first-order chi connectivity index (χ1) is 6.31. The quantitative estimate of drug-likeness (QED) is 0.720. The summed E-state index contributed by atoms with van der Waals surface area (Å²) in [6, 6.07) is 0. The molecule has 0 saturated carbocycles. The Kier molecular flexibility index (Phi) is 4.40. The number of methoxy groups -OCH3 is 1. The van der Waals surface area contributed by atoms with Crippen LogP contribution < -0.4 is 5.32 Å². The third kappa shape index (κ3) is 3.64. The van der Waals surface area contributed by atoms with Gasteiger partial charge in [-0.15, -0.1) is 0 Å². The van der Waals surface area contributed by atoms with Crippen molar-refractivity contribution >= 4 is 12.1 Å². The first kappa shape index (κ1) is 12.7. The lowest BCUT2D eigenvalue weighted by Gasteiger charge is -2.32. The molecule has 0 aromatic heterocycles. The fraction of sp³-hybridized carbons (Fsp3) is 0.778. The van der Waals surface area contributed by atoms with E-state index in [1.165, 1.54) is 7.11 Å². The topological polar surface area (TPSA) is 75.6 Å². The predicted octanol–water partition coefficient (Wildman–Crippen LogP) is 1.23. The van der Waals surface area contributed by atoms with Gasteiger partial charge in [-0.05, 0) is 12.8 Å². The first-order valence-electron chi connectivity index (χ1n) is 4.39. The highest BCUT2D eigenvalue weighted by Gasteiger charge is 2.33. The summed E-state index contributed by atoms with van der Waals surface area (Å²) in [4.78, 5) is 21.6. The molecule has 0 heterocycles. The van der Waals surface area contributed by atoms with Gasteiger partial charge in [0.05, 0.1) is 19.1 Å². The van der Waals surface area contributed by atoms with Crippen LogP contribution in [0.25, 0.3) is 0 Å². The Labute approximate surface area is 83.4 Å². The highest BCUT2D eigenvalue weighted by Crippen LogP contribution is 2.20. The minimum absolute atomic E-state index is 0.0118. The zero-order valence-corrected chi connectivity index (χ0v) is 8.96. The third-order valence-electron chi connectivity index (χ3n) is 2.37. The maximum atomic E-state index is 11.0. The SMILES string of the molecule is COC(=O)N[C@@](C)(CC(=O)O)C(C)C. The molecule has 0 unspecified atom stereocenters. The van der Waals surface area contributed by atoms with Gasteiger partial charge in [-0.1, -0.05) is 13.8 Å². The fourth-order valence-electron chi connectivity index (χ4n) is 0.991. The molecular formula is C9H17NO4. The van der Waals surface area contributed by atoms with E-state index in [4.69, 9.17) is 5.11 Å². The van der Waals surface area contributed by atoms with Gasteiger partial charge in [-0.25, -0.2) is 4.79 Å². The molecule has 0 aliphatic rings. The summed E-state index contributed by atoms with van der Waals surface area (Å²) < 4.78 is 4.43. The monoisotopic (exact) mass is 203 g/mol. The molecule has 5 nitrogen and oxygen atoms in total. The number of nitrogens with one attached hydrogen (secondary N) is 1. The Hall–Kier alpha value is -1.26. The normalized spacial score (nSPS) is 14.6. The summed E-state index contributed by atoms with van der Waals surface area (Å²) in [5.74, 6) is -0.935. The van der Waals surface area contributed by atoms with Crippen molar-refractivity contribution in [2.75, 3.05) is 7.11 Å². The van der Waals surface area contributed by atoms with E-state index in [2.05, 4.69) is 10.1 Å². The number of ether oxygens (including phenoxy) is 1. The third-order valence-corrected chi connectivity index (χ3v) is 2.37. The zero-order chi connectivity index (χ0) is 11.4. The van der Waals surface area contributed by atoms with Gasteiger partial charge >= 0.3 is 12.1 Å². The lowest BCUT2D eigenvalue weighted by Crippen LogP contribution is -2.51. The number of rotatable bonds is 4. The van der Waals surface area contributed by atoms with Crippen molar-refractivity contribution in [3.05, 3.63) is 0 Å². The van der Waals surface area contributed by atoms with Crippen LogP contribution in [0.4, 0.5) is 4.79 Å². The molecule has 0 saturated heterocycles. The highest BCUT2D eigenvalue weighted by atomic mass is 16.5. The van der Waals surface area contributed by atoms with Crippen molar-refractivity contribution in [2.45, 2.75) is 32.7 Å². The largest absolute Gasteiger partial charge is 0.481 e. The van der Waals surface area contributed by atoms with Gasteiger partial charge in [0.1, 0.15) is 0 Å². The summed E-state index contributed by atoms with van der Waals surface area (Å²) in [5.41, 5.74) is -0.779. The minimum atomic E-state index is -0.947. The number of carbonyl (C=O) groups excluding carboxylic acids is 1. The van der Waals surface area contributed by atoms with E-state index < -0.39 is 17.6 Å². The van der Waals surface area contributed by atoms with Gasteiger partial charge in [-0.3, -0.25) is 4.79 Å². The van der Waals surface area contributed by atoms with Crippen molar-refractivity contribution in [1.29, 1.82) is 0 Å². The minimum Gasteiger partial charge on any atom is -0.481 e. The molecular weight excluding hydrogens is 186 g/mol. The van der Waals surface area contributed by atoms with Crippen molar-refractivity contribution in [1.82, 2.24) is 5.32 Å². The molecule has 5 heteroatoms. The van der Waals surface area contributed by atoms with Crippen molar-refractivity contribution in [3.63, 3.8) is 0 Å². The number of hydrogen-bond acceptors (Lipinski definition) is 3. The van der Waals surface area contributed by atoms with E-state index in [1.54, 1.807) is 6.92 Å². The summed E-state index contributed by atoms with van der Waals surface area (Å²) in [7, 11) is 1.25. The van der Waals surface area contributed by atoms with E-state index in [0.29, 0.717) is 0 Å². The Bertz CT molecular complexity index is 227. The molecule has 2 N–H and O–H groups in total. The van der Waals surface area contributed by atoms with Crippen LogP contribution in [0.5, 0.6) is 0 Å². The number of hydrogen-bond donors (Lipinski definition) is 2. The zero-order valence-electron chi connectivity index (χ0n) is 8.96. The molecule has 0 fully saturated rings. The molecule has 0 bridgehead atoms. The molecule has 0 radical (unpaired) electrons. The van der Waals surface area contributed by atoms with Crippen molar-refractivity contribution in [2.24, 2.45) is 5.92 Å². The molecule has 1 atom stereocenters. The highest BCUT2D eigenvalue weighted by molar-refractivity contribution is 5.72. The van der Waals surface area contributed by atoms with Gasteiger partial charge in [0.25, 0.3) is 0 Å². The number of carboxylic acid groups (broad SMARTS) is 1. The summed E-state index contributed by atoms with van der Waals surface area (Å²) in [6.07, 6.45) is -0.734. The number of carbonyl (C=O) groups is 2. The second-order valence-corrected chi connectivity index (χ2v) is 3.76. The Morgan fingerprint density at radius 2 is 2.00 bits per heavy atom. The molecule has 14 heavy (non-hydrogen) atoms. The van der Waals surface area contributed by atoms with Crippen LogP contribution in [0.1, 0.15) is 27.2 Å². The molecule has 0 spiro atoms. The Morgan fingerprint density at radius 3 is 2.29 bits per heavy atom. The number of amides is 1. The fourth-order valence-corrected chi connectivity index (χ4v) is 0.991. The van der Waals surface area contributed by atoms with Gasteiger partial charge in [0, 0.05) is 0 Å². The van der Waals surface area contributed by atoms with E-state index in [-0.39, 0.29) is 12.3 Å². The lowest BCUT2D eigenvalue weighted by molar-refractivity contribution is -0.138. The van der Waals surface area contributed by atoms with Gasteiger partial charge < -0.3 is 15.2 Å². The van der Waals surface area contributed by atoms with Crippen LogP contribution >= 0.6 is 0 Å². The number of carboxylic acids is 1. The van der Waals surface area contributed by atoms with E-state index >= 15 is 0 Å². The van der Waals surface area contributed by atoms with E-state index in [0.717, 1.165) is 0 Å². The van der Waals surface area contributed by atoms with Crippen molar-refractivity contribution in [3.8, 4) is 0 Å². The predicted molar refractivity (Wildman–Crippen MR) is 51.0 cm³/mol. The van der Waals surface area contributed by atoms with Crippen LogP contribution in [0.3, 0.4) is 0 Å². The summed E-state index contributed by atoms with van der Waals surface area (Å²) >= 11 is 0. The Balaban J connectivity index is 4.55. The molecule has 1 amide bonds. The maximum absolute atomic E-state index is 11.0. The average Bonchev–Trinajstić information content (AvgIpc) is 2.02. The molecule has 0 aliphatic heterocycles. The summed E-state index contributed by atoms with van der Waals surface area (Å²) in [6.45, 7) is 5.38. The molecule has 0 aliphatic carbocycles. The maximum Gasteiger partial charge on any atom is 0.407 e. The molecule has 0 rings (SSSR count). The second-order valence-electron chi connectivity index (χ2n) is 3.76. The van der Waals surface area contributed by atoms with Crippen LogP contribution in [-0.4, -0.2) is 29.8 Å².